The zero-order chi connectivity index (χ0) is 22.6. The Hall–Kier alpha value is -3.08. The Bertz CT molecular complexity index is 854. The molecule has 1 heterocycles. The normalized spacial score (nSPS) is 15.7. The van der Waals surface area contributed by atoms with E-state index in [-0.39, 0.29) is 31.1 Å². The largest absolute Gasteiger partial charge is 0.370 e. The minimum atomic E-state index is -2.93. The van der Waals surface area contributed by atoms with Gasteiger partial charge in [0.1, 0.15) is 6.61 Å². The van der Waals surface area contributed by atoms with Gasteiger partial charge < -0.3 is 26.0 Å². The van der Waals surface area contributed by atoms with Crippen LogP contribution in [-0.2, 0) is 23.9 Å². The van der Waals surface area contributed by atoms with E-state index < -0.39 is 47.1 Å². The summed E-state index contributed by atoms with van der Waals surface area (Å²) in [5, 5.41) is 4.54. The number of carbonyl (C=O) groups is 4. The number of ether oxygens (including phenoxy) is 1. The van der Waals surface area contributed by atoms with Crippen LogP contribution >= 0.6 is 0 Å². The van der Waals surface area contributed by atoms with Crippen molar-refractivity contribution in [1.29, 1.82) is 0 Å². The van der Waals surface area contributed by atoms with Crippen molar-refractivity contribution in [3.05, 3.63) is 23.8 Å². The summed E-state index contributed by atoms with van der Waals surface area (Å²) in [6.07, 6.45) is -2.93. The van der Waals surface area contributed by atoms with Crippen LogP contribution in [0.5, 0.6) is 0 Å². The molecule has 0 aliphatic carbocycles. The SMILES string of the molecule is CC(C)(C)C(=O)N[C@H](C(N)=O)C(=O)Nc1ccc(N2CCOCC2=O)c(C(F)F)c1. The third-order valence-electron chi connectivity index (χ3n) is 4.31. The van der Waals surface area contributed by atoms with Gasteiger partial charge >= 0.3 is 0 Å². The highest BCUT2D eigenvalue weighted by Gasteiger charge is 2.32. The summed E-state index contributed by atoms with van der Waals surface area (Å²) < 4.78 is 32.2. The maximum absolute atomic E-state index is 13.6. The number of benzene rings is 1. The summed E-state index contributed by atoms with van der Waals surface area (Å²) in [7, 11) is 0. The number of nitrogens with one attached hydrogen (secondary N) is 2. The molecule has 1 aliphatic heterocycles. The second kappa shape index (κ2) is 9.16. The summed E-state index contributed by atoms with van der Waals surface area (Å²) in [6, 6.07) is 1.90. The van der Waals surface area contributed by atoms with Gasteiger partial charge in [0.05, 0.1) is 12.3 Å². The highest BCUT2D eigenvalue weighted by atomic mass is 19.3. The summed E-state index contributed by atoms with van der Waals surface area (Å²) in [5.74, 6) is -3.13. The first-order chi connectivity index (χ1) is 13.9. The van der Waals surface area contributed by atoms with Gasteiger partial charge in [-0.2, -0.15) is 0 Å². The molecule has 0 spiro atoms. The minimum Gasteiger partial charge on any atom is -0.370 e. The molecule has 1 aliphatic rings. The Morgan fingerprint density at radius 1 is 1.23 bits per heavy atom. The first-order valence-electron chi connectivity index (χ1n) is 9.13. The zero-order valence-electron chi connectivity index (χ0n) is 16.8. The standard InChI is InChI=1S/C19H24F2N4O5/c1-19(2,3)18(29)24-14(16(22)27)17(28)23-10-4-5-12(11(8-10)15(20)21)25-6-7-30-9-13(25)26/h4-5,8,14-15H,6-7,9H2,1-3H3,(H2,22,27)(H,23,28)(H,24,29)/t14-/m1/s1. The highest BCUT2D eigenvalue weighted by molar-refractivity contribution is 6.11. The highest BCUT2D eigenvalue weighted by Crippen LogP contribution is 2.33. The van der Waals surface area contributed by atoms with Crippen LogP contribution in [0.15, 0.2) is 18.2 Å². The van der Waals surface area contributed by atoms with Crippen LogP contribution in [0, 0.1) is 5.41 Å². The molecule has 30 heavy (non-hydrogen) atoms. The van der Waals surface area contributed by atoms with Gasteiger partial charge in [0.2, 0.25) is 11.8 Å². The van der Waals surface area contributed by atoms with Gasteiger partial charge in [0.25, 0.3) is 18.2 Å². The fourth-order valence-corrected chi connectivity index (χ4v) is 2.65. The Labute approximate surface area is 171 Å². The van der Waals surface area contributed by atoms with E-state index in [9.17, 15) is 28.0 Å². The average Bonchev–Trinajstić information content (AvgIpc) is 2.65. The van der Waals surface area contributed by atoms with Gasteiger partial charge in [-0.05, 0) is 18.2 Å². The molecule has 9 nitrogen and oxygen atoms in total. The number of morpholine rings is 1. The molecule has 0 radical (unpaired) electrons. The van der Waals surface area contributed by atoms with Crippen molar-refractivity contribution < 1.29 is 32.7 Å². The predicted molar refractivity (Wildman–Crippen MR) is 104 cm³/mol. The van der Waals surface area contributed by atoms with Gasteiger partial charge in [-0.15, -0.1) is 0 Å². The second-order valence-electron chi connectivity index (χ2n) is 7.72. The van der Waals surface area contributed by atoms with Crippen LogP contribution in [-0.4, -0.2) is 49.4 Å². The molecule has 2 rings (SSSR count). The van der Waals surface area contributed by atoms with E-state index in [4.69, 9.17) is 10.5 Å². The summed E-state index contributed by atoms with van der Waals surface area (Å²) in [4.78, 5) is 49.3. The minimum absolute atomic E-state index is 0.00351. The number of nitrogens with zero attached hydrogens (tertiary/aromatic N) is 1. The molecule has 1 aromatic rings. The van der Waals surface area contributed by atoms with Gasteiger partial charge in [-0.3, -0.25) is 19.2 Å². The van der Waals surface area contributed by atoms with Crippen molar-refractivity contribution in [1.82, 2.24) is 5.32 Å². The van der Waals surface area contributed by atoms with E-state index in [1.54, 1.807) is 20.8 Å². The van der Waals surface area contributed by atoms with Crippen molar-refractivity contribution in [3.8, 4) is 0 Å². The molecular weight excluding hydrogens is 402 g/mol. The van der Waals surface area contributed by atoms with E-state index in [1.165, 1.54) is 17.0 Å². The van der Waals surface area contributed by atoms with Crippen molar-refractivity contribution in [2.75, 3.05) is 30.0 Å². The Morgan fingerprint density at radius 2 is 1.90 bits per heavy atom. The van der Waals surface area contributed by atoms with E-state index in [2.05, 4.69) is 10.6 Å². The molecular formula is C19H24F2N4O5. The second-order valence-corrected chi connectivity index (χ2v) is 7.72. The Morgan fingerprint density at radius 3 is 2.43 bits per heavy atom. The molecule has 1 fully saturated rings. The smallest absolute Gasteiger partial charge is 0.265 e. The maximum atomic E-state index is 13.6. The van der Waals surface area contributed by atoms with Crippen molar-refractivity contribution in [2.24, 2.45) is 11.1 Å². The van der Waals surface area contributed by atoms with E-state index in [0.29, 0.717) is 0 Å². The summed E-state index contributed by atoms with van der Waals surface area (Å²) >= 11 is 0. The lowest BCUT2D eigenvalue weighted by atomic mass is 9.95. The number of nitrogens with two attached hydrogens (primary N) is 1. The monoisotopic (exact) mass is 426 g/mol. The number of rotatable bonds is 6. The van der Waals surface area contributed by atoms with E-state index >= 15 is 0 Å². The van der Waals surface area contributed by atoms with Gasteiger partial charge in [-0.1, -0.05) is 20.8 Å². The number of primary amides is 1. The number of carbonyl (C=O) groups excluding carboxylic acids is 4. The number of alkyl halides is 2. The van der Waals surface area contributed by atoms with Crippen LogP contribution in [0.1, 0.15) is 32.8 Å². The third kappa shape index (κ3) is 5.50. The topological polar surface area (TPSA) is 131 Å². The van der Waals surface area contributed by atoms with Gasteiger partial charge in [0, 0.05) is 23.2 Å². The van der Waals surface area contributed by atoms with Crippen LogP contribution in [0.25, 0.3) is 0 Å². The maximum Gasteiger partial charge on any atom is 0.265 e. The van der Waals surface area contributed by atoms with Gasteiger partial charge in [-0.25, -0.2) is 8.78 Å². The number of hydrogen-bond acceptors (Lipinski definition) is 5. The van der Waals surface area contributed by atoms with E-state index in [1.807, 2.05) is 0 Å². The average molecular weight is 426 g/mol. The number of anilines is 2. The molecule has 1 aromatic carbocycles. The molecule has 0 unspecified atom stereocenters. The lowest BCUT2D eigenvalue weighted by Gasteiger charge is -2.29. The van der Waals surface area contributed by atoms with Crippen LogP contribution < -0.4 is 21.3 Å². The molecule has 4 amide bonds. The number of amides is 4. The first kappa shape index (κ1) is 23.2. The van der Waals surface area contributed by atoms with Crippen LogP contribution in [0.2, 0.25) is 0 Å². The zero-order valence-corrected chi connectivity index (χ0v) is 16.8. The van der Waals surface area contributed by atoms with Crippen molar-refractivity contribution >= 4 is 35.0 Å². The van der Waals surface area contributed by atoms with Crippen LogP contribution in [0.4, 0.5) is 20.2 Å². The Kier molecular flexibility index (Phi) is 7.08. The van der Waals surface area contributed by atoms with Crippen LogP contribution in [0.3, 0.4) is 0 Å². The number of hydrogen-bond donors (Lipinski definition) is 3. The van der Waals surface area contributed by atoms with Gasteiger partial charge in [0.15, 0.2) is 6.04 Å². The van der Waals surface area contributed by atoms with E-state index in [0.717, 1.165) is 6.07 Å². The quantitative estimate of drug-likeness (QED) is 0.583. The predicted octanol–water partition coefficient (Wildman–Crippen LogP) is 0.942. The molecule has 1 atom stereocenters. The Balaban J connectivity index is 2.25. The first-order valence-corrected chi connectivity index (χ1v) is 9.13. The molecule has 164 valence electrons. The lowest BCUT2D eigenvalue weighted by Crippen LogP contribution is -2.54. The summed E-state index contributed by atoms with van der Waals surface area (Å²) in [6.45, 7) is 4.86. The fraction of sp³-hybridized carbons (Fsp3) is 0.474. The molecule has 4 N–H and O–H groups in total. The van der Waals surface area contributed by atoms with Crippen molar-refractivity contribution in [3.63, 3.8) is 0 Å². The van der Waals surface area contributed by atoms with Crippen molar-refractivity contribution in [2.45, 2.75) is 33.2 Å². The molecule has 0 bridgehead atoms. The lowest BCUT2D eigenvalue weighted by molar-refractivity contribution is -0.136. The molecule has 0 saturated carbocycles. The fourth-order valence-electron chi connectivity index (χ4n) is 2.65. The molecule has 11 heteroatoms. The molecule has 0 aromatic heterocycles. The number of halogens is 2. The molecule has 1 saturated heterocycles. The summed E-state index contributed by atoms with van der Waals surface area (Å²) in [5.41, 5.74) is 3.81. The third-order valence-corrected chi connectivity index (χ3v) is 4.31.